The minimum atomic E-state index is 0.142. The Morgan fingerprint density at radius 2 is 1.86 bits per heavy atom. The normalized spacial score (nSPS) is 10.8. The van der Waals surface area contributed by atoms with Gasteiger partial charge in [-0.1, -0.05) is 62.2 Å². The van der Waals surface area contributed by atoms with Crippen LogP contribution in [-0.2, 0) is 0 Å². The predicted molar refractivity (Wildman–Crippen MR) is 68.1 cm³/mol. The molecule has 1 nitrogen and oxygen atoms in total. The Morgan fingerprint density at radius 1 is 1.14 bits per heavy atom. The third kappa shape index (κ3) is 2.24. The second-order valence-corrected chi connectivity index (χ2v) is 6.66. The van der Waals surface area contributed by atoms with Crippen molar-refractivity contribution in [1.29, 1.82) is 0 Å². The van der Waals surface area contributed by atoms with E-state index in [0.717, 1.165) is 10.7 Å². The van der Waals surface area contributed by atoms with Gasteiger partial charge in [0, 0.05) is 10.9 Å². The second-order valence-electron chi connectivity index (χ2n) is 2.74. The first-order chi connectivity index (χ1) is 6.77. The van der Waals surface area contributed by atoms with Gasteiger partial charge in [-0.05, 0) is 0 Å². The van der Waals surface area contributed by atoms with E-state index < -0.39 is 0 Å². The zero-order valence-electron chi connectivity index (χ0n) is 7.15. The lowest BCUT2D eigenvalue weighted by molar-refractivity contribution is 1.24. The molecule has 0 bridgehead atoms. The number of rotatable bonds is 2. The highest BCUT2D eigenvalue weighted by Gasteiger charge is 2.08. The zero-order chi connectivity index (χ0) is 9.97. The number of hydrogen-bond acceptors (Lipinski definition) is 2. The van der Waals surface area contributed by atoms with E-state index in [1.807, 2.05) is 18.2 Å². The van der Waals surface area contributed by atoms with Crippen LogP contribution in [0.25, 0.3) is 10.6 Å². The molecule has 0 radical (unpaired) electrons. The van der Waals surface area contributed by atoms with Crippen LogP contribution in [0.2, 0.25) is 0 Å². The molecule has 72 valence electrons. The van der Waals surface area contributed by atoms with Crippen molar-refractivity contribution >= 4 is 43.2 Å². The van der Waals surface area contributed by atoms with Crippen LogP contribution in [0.5, 0.6) is 0 Å². The van der Waals surface area contributed by atoms with Crippen LogP contribution in [-0.4, -0.2) is 4.98 Å². The predicted octanol–water partition coefficient (Wildman–Crippen LogP) is 4.60. The van der Waals surface area contributed by atoms with E-state index in [1.54, 1.807) is 11.3 Å². The van der Waals surface area contributed by atoms with Crippen LogP contribution < -0.4 is 0 Å². The van der Waals surface area contributed by atoms with Crippen LogP contribution in [0.1, 0.15) is 9.43 Å². The molecule has 0 saturated heterocycles. The summed E-state index contributed by atoms with van der Waals surface area (Å²) in [4.78, 5) is 4.50. The second kappa shape index (κ2) is 4.55. The van der Waals surface area contributed by atoms with Crippen LogP contribution in [0.4, 0.5) is 0 Å². The first kappa shape index (κ1) is 10.3. The van der Waals surface area contributed by atoms with E-state index in [-0.39, 0.29) is 3.74 Å². The van der Waals surface area contributed by atoms with Gasteiger partial charge in [-0.2, -0.15) is 0 Å². The van der Waals surface area contributed by atoms with Crippen molar-refractivity contribution in [2.75, 3.05) is 0 Å². The molecule has 0 atom stereocenters. The van der Waals surface area contributed by atoms with Gasteiger partial charge >= 0.3 is 0 Å². The smallest absolute Gasteiger partial charge is 0.123 e. The monoisotopic (exact) mass is 331 g/mol. The minimum Gasteiger partial charge on any atom is -0.239 e. The standard InChI is InChI=1S/C10H7Br2NS/c11-9(12)8-6-14-10(13-8)7-4-2-1-3-5-7/h1-6,9H. The fourth-order valence-electron chi connectivity index (χ4n) is 1.10. The average Bonchev–Trinajstić information content (AvgIpc) is 2.68. The molecule has 1 aromatic heterocycles. The number of alkyl halides is 2. The van der Waals surface area contributed by atoms with Gasteiger partial charge in [-0.25, -0.2) is 4.98 Å². The Labute approximate surface area is 103 Å². The summed E-state index contributed by atoms with van der Waals surface area (Å²) in [6.07, 6.45) is 0. The molecule has 1 heterocycles. The Kier molecular flexibility index (Phi) is 3.36. The van der Waals surface area contributed by atoms with Crippen molar-refractivity contribution in [1.82, 2.24) is 4.98 Å². The van der Waals surface area contributed by atoms with Gasteiger partial charge < -0.3 is 0 Å². The molecular formula is C10H7Br2NS. The summed E-state index contributed by atoms with van der Waals surface area (Å²) in [6.45, 7) is 0. The molecule has 4 heteroatoms. The highest BCUT2D eigenvalue weighted by Crippen LogP contribution is 2.32. The molecule has 0 N–H and O–H groups in total. The van der Waals surface area contributed by atoms with E-state index in [2.05, 4.69) is 54.4 Å². The molecular weight excluding hydrogens is 326 g/mol. The minimum absolute atomic E-state index is 0.142. The van der Waals surface area contributed by atoms with Gasteiger partial charge in [-0.15, -0.1) is 11.3 Å². The van der Waals surface area contributed by atoms with E-state index >= 15 is 0 Å². The molecule has 0 amide bonds. The third-order valence-electron chi connectivity index (χ3n) is 1.77. The number of hydrogen-bond donors (Lipinski definition) is 0. The van der Waals surface area contributed by atoms with E-state index in [9.17, 15) is 0 Å². The van der Waals surface area contributed by atoms with Crippen LogP contribution >= 0.6 is 43.2 Å². The number of nitrogens with zero attached hydrogens (tertiary/aromatic N) is 1. The molecule has 2 rings (SSSR count). The maximum absolute atomic E-state index is 4.50. The van der Waals surface area contributed by atoms with Gasteiger partial charge in [0.05, 0.1) is 5.69 Å². The van der Waals surface area contributed by atoms with Crippen molar-refractivity contribution < 1.29 is 0 Å². The summed E-state index contributed by atoms with van der Waals surface area (Å²) in [5.74, 6) is 0. The molecule has 0 aliphatic rings. The molecule has 0 spiro atoms. The number of halogens is 2. The van der Waals surface area contributed by atoms with Crippen LogP contribution in [0, 0.1) is 0 Å². The quantitative estimate of drug-likeness (QED) is 0.732. The summed E-state index contributed by atoms with van der Waals surface area (Å²) in [7, 11) is 0. The van der Waals surface area contributed by atoms with E-state index in [1.165, 1.54) is 5.56 Å². The third-order valence-corrected chi connectivity index (χ3v) is 3.61. The molecule has 1 aromatic carbocycles. The van der Waals surface area contributed by atoms with Crippen LogP contribution in [0.15, 0.2) is 35.7 Å². The SMILES string of the molecule is BrC(Br)c1csc(-c2ccccc2)n1. The van der Waals surface area contributed by atoms with Gasteiger partial charge in [0.1, 0.15) is 8.74 Å². The molecule has 0 aliphatic heterocycles. The Bertz CT molecular complexity index is 411. The van der Waals surface area contributed by atoms with Gasteiger partial charge in [0.25, 0.3) is 0 Å². The summed E-state index contributed by atoms with van der Waals surface area (Å²) in [6, 6.07) is 10.2. The van der Waals surface area contributed by atoms with Gasteiger partial charge in [0.15, 0.2) is 0 Å². The van der Waals surface area contributed by atoms with Crippen molar-refractivity contribution in [2.24, 2.45) is 0 Å². The first-order valence-corrected chi connectivity index (χ1v) is 6.77. The summed E-state index contributed by atoms with van der Waals surface area (Å²) in [5, 5.41) is 3.11. The maximum Gasteiger partial charge on any atom is 0.123 e. The largest absolute Gasteiger partial charge is 0.239 e. The van der Waals surface area contributed by atoms with Gasteiger partial charge in [-0.3, -0.25) is 0 Å². The van der Waals surface area contributed by atoms with Crippen molar-refractivity contribution in [3.8, 4) is 10.6 Å². The van der Waals surface area contributed by atoms with E-state index in [0.29, 0.717) is 0 Å². The van der Waals surface area contributed by atoms with Crippen molar-refractivity contribution in [3.05, 3.63) is 41.4 Å². The summed E-state index contributed by atoms with van der Waals surface area (Å²) in [5.41, 5.74) is 2.19. The number of thiazole rings is 1. The molecule has 0 fully saturated rings. The first-order valence-electron chi connectivity index (χ1n) is 4.06. The lowest BCUT2D eigenvalue weighted by atomic mass is 10.2. The summed E-state index contributed by atoms with van der Waals surface area (Å²) >= 11 is 8.52. The molecule has 0 saturated carbocycles. The Hall–Kier alpha value is -0.190. The Balaban J connectivity index is 2.34. The average molecular weight is 333 g/mol. The molecule has 0 aliphatic carbocycles. The van der Waals surface area contributed by atoms with Crippen LogP contribution in [0.3, 0.4) is 0 Å². The number of benzene rings is 1. The number of aromatic nitrogens is 1. The summed E-state index contributed by atoms with van der Waals surface area (Å²) < 4.78 is 0.142. The fraction of sp³-hybridized carbons (Fsp3) is 0.100. The maximum atomic E-state index is 4.50. The van der Waals surface area contributed by atoms with Crippen molar-refractivity contribution in [3.63, 3.8) is 0 Å². The highest BCUT2D eigenvalue weighted by molar-refractivity contribution is 9.24. The van der Waals surface area contributed by atoms with E-state index in [4.69, 9.17) is 0 Å². The Morgan fingerprint density at radius 3 is 2.43 bits per heavy atom. The zero-order valence-corrected chi connectivity index (χ0v) is 11.1. The lowest BCUT2D eigenvalue weighted by Crippen LogP contribution is -1.80. The van der Waals surface area contributed by atoms with Gasteiger partial charge in [0.2, 0.25) is 0 Å². The molecule has 14 heavy (non-hydrogen) atoms. The topological polar surface area (TPSA) is 12.9 Å². The molecule has 0 unspecified atom stereocenters. The fourth-order valence-corrected chi connectivity index (χ4v) is 2.77. The lowest BCUT2D eigenvalue weighted by Gasteiger charge is -1.95. The highest BCUT2D eigenvalue weighted by atomic mass is 79.9. The van der Waals surface area contributed by atoms with Crippen molar-refractivity contribution in [2.45, 2.75) is 3.74 Å². The molecule has 2 aromatic rings.